The third-order valence-electron chi connectivity index (χ3n) is 6.55. The average Bonchev–Trinajstić information content (AvgIpc) is 3.12. The van der Waals surface area contributed by atoms with Gasteiger partial charge in [0.1, 0.15) is 12.1 Å². The number of aromatic nitrogens is 5. The molecule has 1 saturated carbocycles. The zero-order chi connectivity index (χ0) is 22.0. The van der Waals surface area contributed by atoms with Crippen LogP contribution in [0.25, 0.3) is 11.0 Å². The number of fused-ring (bicyclic) bond motifs is 2. The van der Waals surface area contributed by atoms with E-state index in [0.29, 0.717) is 29.1 Å². The lowest BCUT2D eigenvalue weighted by atomic mass is 10.2. The molecule has 1 aliphatic heterocycles. The van der Waals surface area contributed by atoms with Crippen LogP contribution in [-0.2, 0) is 13.6 Å². The molecule has 32 heavy (non-hydrogen) atoms. The van der Waals surface area contributed by atoms with Crippen molar-refractivity contribution in [1.82, 2.24) is 24.3 Å². The fourth-order valence-electron chi connectivity index (χ4n) is 4.82. The Hall–Kier alpha value is -3.46. The molecule has 2 fully saturated rings. The molecular formula is C22H19ClN6O3. The number of aryl methyl sites for hydroxylation is 1. The van der Waals surface area contributed by atoms with E-state index in [0.717, 1.165) is 23.8 Å². The summed E-state index contributed by atoms with van der Waals surface area (Å²) in [6.07, 6.45) is 1.44. The van der Waals surface area contributed by atoms with Crippen LogP contribution in [0.4, 0.5) is 5.69 Å². The largest absolute Gasteiger partial charge is 0.371 e. The SMILES string of the molecule is Cn1c(=O)ccc2ncn(Cc3nc(C4C5CN(c6cccc(Cl)c6)CC54)no3)c(=O)c21. The van der Waals surface area contributed by atoms with Crippen LogP contribution in [0.3, 0.4) is 0 Å². The van der Waals surface area contributed by atoms with Crippen molar-refractivity contribution in [2.45, 2.75) is 12.5 Å². The summed E-state index contributed by atoms with van der Waals surface area (Å²) >= 11 is 6.12. The molecule has 2 atom stereocenters. The summed E-state index contributed by atoms with van der Waals surface area (Å²) in [5.41, 5.74) is 1.26. The van der Waals surface area contributed by atoms with E-state index >= 15 is 0 Å². The van der Waals surface area contributed by atoms with Gasteiger partial charge in [-0.15, -0.1) is 0 Å². The molecule has 0 radical (unpaired) electrons. The summed E-state index contributed by atoms with van der Waals surface area (Å²) in [5, 5.41) is 4.91. The Kier molecular flexibility index (Phi) is 4.23. The van der Waals surface area contributed by atoms with Crippen LogP contribution in [0.15, 0.2) is 56.8 Å². The molecule has 0 bridgehead atoms. The van der Waals surface area contributed by atoms with E-state index < -0.39 is 0 Å². The zero-order valence-corrected chi connectivity index (χ0v) is 17.9. The summed E-state index contributed by atoms with van der Waals surface area (Å²) in [6, 6.07) is 10.8. The van der Waals surface area contributed by atoms with E-state index in [4.69, 9.17) is 16.1 Å². The smallest absolute Gasteiger partial charge is 0.278 e. The average molecular weight is 451 g/mol. The monoisotopic (exact) mass is 450 g/mol. The van der Waals surface area contributed by atoms with Crippen LogP contribution in [-0.4, -0.2) is 37.3 Å². The Morgan fingerprint density at radius 2 is 1.97 bits per heavy atom. The summed E-state index contributed by atoms with van der Waals surface area (Å²) in [5.74, 6) is 2.28. The van der Waals surface area contributed by atoms with E-state index in [1.165, 1.54) is 21.5 Å². The molecule has 3 aromatic heterocycles. The predicted molar refractivity (Wildman–Crippen MR) is 118 cm³/mol. The van der Waals surface area contributed by atoms with E-state index in [9.17, 15) is 9.59 Å². The summed E-state index contributed by atoms with van der Waals surface area (Å²) in [4.78, 5) is 35.9. The molecule has 1 aliphatic carbocycles. The maximum absolute atomic E-state index is 12.9. The van der Waals surface area contributed by atoms with Crippen LogP contribution in [0.2, 0.25) is 5.02 Å². The number of nitrogens with zero attached hydrogens (tertiary/aromatic N) is 6. The highest BCUT2D eigenvalue weighted by Gasteiger charge is 2.58. The first-order valence-electron chi connectivity index (χ1n) is 10.4. The lowest BCUT2D eigenvalue weighted by Gasteiger charge is -2.21. The van der Waals surface area contributed by atoms with Crippen molar-refractivity contribution in [3.05, 3.63) is 80.2 Å². The minimum atomic E-state index is -0.324. The number of pyridine rings is 1. The van der Waals surface area contributed by atoms with Crippen molar-refractivity contribution in [2.75, 3.05) is 18.0 Å². The molecule has 1 aromatic carbocycles. The van der Waals surface area contributed by atoms with Crippen molar-refractivity contribution in [2.24, 2.45) is 18.9 Å². The van der Waals surface area contributed by atoms with Gasteiger partial charge in [0.25, 0.3) is 11.1 Å². The second-order valence-corrected chi connectivity index (χ2v) is 8.86. The summed E-state index contributed by atoms with van der Waals surface area (Å²) in [7, 11) is 1.56. The molecule has 0 spiro atoms. The van der Waals surface area contributed by atoms with Gasteiger partial charge in [-0.05, 0) is 36.1 Å². The standard InChI is InChI=1S/C22H19ClN6O3/c1-27-18(30)6-5-16-20(27)22(31)29(11-24-16)10-17-25-21(26-32-17)19-14-8-28(9-15(14)19)13-4-2-3-12(23)7-13/h2-7,11,14-15,19H,8-10H2,1H3. The highest BCUT2D eigenvalue weighted by Crippen LogP contribution is 2.57. The molecule has 2 aliphatic rings. The van der Waals surface area contributed by atoms with Gasteiger partial charge in [-0.1, -0.05) is 22.8 Å². The van der Waals surface area contributed by atoms with Crippen LogP contribution in [0.5, 0.6) is 0 Å². The maximum atomic E-state index is 12.9. The van der Waals surface area contributed by atoms with Crippen LogP contribution in [0, 0.1) is 11.8 Å². The predicted octanol–water partition coefficient (Wildman–Crippen LogP) is 2.03. The van der Waals surface area contributed by atoms with Crippen molar-refractivity contribution in [3.8, 4) is 0 Å². The van der Waals surface area contributed by atoms with Crippen molar-refractivity contribution < 1.29 is 4.52 Å². The second kappa shape index (κ2) is 7.03. The highest BCUT2D eigenvalue weighted by molar-refractivity contribution is 6.30. The first kappa shape index (κ1) is 19.2. The van der Waals surface area contributed by atoms with Gasteiger partial charge >= 0.3 is 0 Å². The van der Waals surface area contributed by atoms with Gasteiger partial charge < -0.3 is 14.0 Å². The van der Waals surface area contributed by atoms with Crippen LogP contribution < -0.4 is 16.0 Å². The highest BCUT2D eigenvalue weighted by atomic mass is 35.5. The lowest BCUT2D eigenvalue weighted by molar-refractivity contribution is 0.363. The maximum Gasteiger partial charge on any atom is 0.278 e. The Balaban J connectivity index is 1.19. The molecule has 2 unspecified atom stereocenters. The number of benzene rings is 1. The number of halogens is 1. The Morgan fingerprint density at radius 1 is 1.16 bits per heavy atom. The molecule has 9 nitrogen and oxygen atoms in total. The Bertz CT molecular complexity index is 1460. The molecule has 1 saturated heterocycles. The van der Waals surface area contributed by atoms with Gasteiger partial charge in [0.05, 0.1) is 11.8 Å². The molecule has 162 valence electrons. The van der Waals surface area contributed by atoms with E-state index in [-0.39, 0.29) is 29.1 Å². The van der Waals surface area contributed by atoms with Crippen LogP contribution in [0.1, 0.15) is 17.6 Å². The quantitative estimate of drug-likeness (QED) is 0.469. The number of hydrogen-bond donors (Lipinski definition) is 0. The van der Waals surface area contributed by atoms with Gasteiger partial charge in [0, 0.05) is 42.8 Å². The Morgan fingerprint density at radius 3 is 2.75 bits per heavy atom. The Labute approximate surface area is 186 Å². The first-order valence-corrected chi connectivity index (χ1v) is 10.8. The first-order chi connectivity index (χ1) is 15.5. The topological polar surface area (TPSA) is 99.1 Å². The molecule has 4 heterocycles. The van der Waals surface area contributed by atoms with Gasteiger partial charge in [0.15, 0.2) is 5.82 Å². The van der Waals surface area contributed by atoms with Gasteiger partial charge in [-0.3, -0.25) is 14.2 Å². The minimum absolute atomic E-state index is 0.106. The van der Waals surface area contributed by atoms with E-state index in [1.807, 2.05) is 18.2 Å². The third kappa shape index (κ3) is 3.03. The number of hydrogen-bond acceptors (Lipinski definition) is 7. The minimum Gasteiger partial charge on any atom is -0.371 e. The number of piperidine rings is 1. The van der Waals surface area contributed by atoms with E-state index in [2.05, 4.69) is 26.1 Å². The third-order valence-corrected chi connectivity index (χ3v) is 6.78. The molecule has 0 amide bonds. The normalized spacial score (nSPS) is 21.8. The van der Waals surface area contributed by atoms with Crippen LogP contribution >= 0.6 is 11.6 Å². The van der Waals surface area contributed by atoms with E-state index in [1.54, 1.807) is 13.1 Å². The summed E-state index contributed by atoms with van der Waals surface area (Å²) < 4.78 is 8.12. The van der Waals surface area contributed by atoms with Crippen molar-refractivity contribution in [3.63, 3.8) is 0 Å². The molecule has 4 aromatic rings. The number of rotatable bonds is 4. The fourth-order valence-corrected chi connectivity index (χ4v) is 5.00. The van der Waals surface area contributed by atoms with Gasteiger partial charge in [-0.25, -0.2) is 4.98 Å². The molecular weight excluding hydrogens is 432 g/mol. The zero-order valence-electron chi connectivity index (χ0n) is 17.2. The molecule has 6 rings (SSSR count). The molecule has 0 N–H and O–H groups in total. The number of anilines is 1. The van der Waals surface area contributed by atoms with Gasteiger partial charge in [0.2, 0.25) is 5.89 Å². The lowest BCUT2D eigenvalue weighted by Crippen LogP contribution is -2.28. The van der Waals surface area contributed by atoms with Gasteiger partial charge in [-0.2, -0.15) is 4.98 Å². The second-order valence-electron chi connectivity index (χ2n) is 8.43. The van der Waals surface area contributed by atoms with Crippen molar-refractivity contribution >= 4 is 28.3 Å². The molecule has 10 heteroatoms. The van der Waals surface area contributed by atoms with Crippen molar-refractivity contribution in [1.29, 1.82) is 0 Å². The fraction of sp³-hybridized carbons (Fsp3) is 0.318. The summed E-state index contributed by atoms with van der Waals surface area (Å²) in [6.45, 7) is 1.97.